The summed E-state index contributed by atoms with van der Waals surface area (Å²) in [5.41, 5.74) is 5.82. The van der Waals surface area contributed by atoms with Gasteiger partial charge in [0.2, 0.25) is 0 Å². The van der Waals surface area contributed by atoms with Crippen LogP contribution in [0.3, 0.4) is 0 Å². The normalized spacial score (nSPS) is 21.8. The third-order valence-electron chi connectivity index (χ3n) is 3.65. The molecule has 2 aliphatic heterocycles. The number of carbonyl (C=O) groups is 3. The lowest BCUT2D eigenvalue weighted by Gasteiger charge is -2.46. The molecule has 4 N–H and O–H groups in total. The van der Waals surface area contributed by atoms with E-state index < -0.39 is 23.8 Å². The van der Waals surface area contributed by atoms with E-state index in [1.165, 1.54) is 22.9 Å². The standard InChI is InChI=1S/C14H14ClN5O5S2/c15-1-2-25-19-8(7-5-27-14(16)17-7)10(21)18-9-11(22)20-3-6(13(23)24)4-26-12(9)20/h3,5,9,12H,1-2,4H2,(H2,16,17)(H,18,21)(H,23,24)/t9?,12-/m1/s1. The number of hydrogen-bond acceptors (Lipinski definition) is 9. The molecule has 0 radical (unpaired) electrons. The summed E-state index contributed by atoms with van der Waals surface area (Å²) in [5, 5.41) is 16.8. The molecule has 3 heterocycles. The smallest absolute Gasteiger partial charge is 0.333 e. The molecule has 1 saturated heterocycles. The van der Waals surface area contributed by atoms with Crippen molar-refractivity contribution >= 4 is 63.3 Å². The summed E-state index contributed by atoms with van der Waals surface area (Å²) in [6.45, 7) is 0.0926. The van der Waals surface area contributed by atoms with Gasteiger partial charge in [-0.3, -0.25) is 9.59 Å². The number of oxime groups is 1. The zero-order valence-corrected chi connectivity index (χ0v) is 16.0. The van der Waals surface area contributed by atoms with Crippen LogP contribution in [-0.4, -0.2) is 68.1 Å². The number of fused-ring (bicyclic) bond motifs is 1. The number of nitrogens with two attached hydrogens (primary N) is 1. The number of hydrogen-bond donors (Lipinski definition) is 3. The highest BCUT2D eigenvalue weighted by Crippen LogP contribution is 2.36. The van der Waals surface area contributed by atoms with Crippen molar-refractivity contribution in [3.05, 3.63) is 22.8 Å². The lowest BCUT2D eigenvalue weighted by Crippen LogP contribution is -2.69. The van der Waals surface area contributed by atoms with Crippen LogP contribution in [0.2, 0.25) is 0 Å². The van der Waals surface area contributed by atoms with E-state index in [-0.39, 0.29) is 45.7 Å². The van der Waals surface area contributed by atoms with Crippen molar-refractivity contribution < 1.29 is 24.3 Å². The predicted octanol–water partition coefficient (Wildman–Crippen LogP) is 0.0532. The molecular formula is C14H14ClN5O5S2. The lowest BCUT2D eigenvalue weighted by atomic mass is 10.1. The maximum atomic E-state index is 12.6. The van der Waals surface area contributed by atoms with E-state index >= 15 is 0 Å². The Morgan fingerprint density at radius 2 is 2.33 bits per heavy atom. The van der Waals surface area contributed by atoms with Gasteiger partial charge in [-0.1, -0.05) is 5.16 Å². The average Bonchev–Trinajstić information content (AvgIpc) is 3.08. The average molecular weight is 432 g/mol. The highest BCUT2D eigenvalue weighted by Gasteiger charge is 2.50. The summed E-state index contributed by atoms with van der Waals surface area (Å²) in [7, 11) is 0. The van der Waals surface area contributed by atoms with E-state index in [2.05, 4.69) is 15.5 Å². The summed E-state index contributed by atoms with van der Waals surface area (Å²) >= 11 is 7.92. The van der Waals surface area contributed by atoms with E-state index in [0.29, 0.717) is 0 Å². The third-order valence-corrected chi connectivity index (χ3v) is 5.80. The molecule has 1 unspecified atom stereocenters. The summed E-state index contributed by atoms with van der Waals surface area (Å²) in [6, 6.07) is -0.802. The number of thiazole rings is 1. The number of anilines is 1. The number of nitrogens with zero attached hydrogens (tertiary/aromatic N) is 3. The number of aromatic nitrogens is 1. The SMILES string of the molecule is Nc1nc(C(=NOCCCl)C(=O)NC2C(=O)N3C=C(C(=O)O)CS[C@H]23)cs1. The molecule has 2 amide bonds. The van der Waals surface area contributed by atoms with Gasteiger partial charge in [-0.15, -0.1) is 34.7 Å². The van der Waals surface area contributed by atoms with Crippen LogP contribution >= 0.6 is 34.7 Å². The number of alkyl halides is 1. The number of aliphatic carboxylic acids is 1. The molecule has 13 heteroatoms. The second-order valence-electron chi connectivity index (χ2n) is 5.39. The molecule has 2 atom stereocenters. The number of amides is 2. The Labute approximate surface area is 166 Å². The van der Waals surface area contributed by atoms with Crippen LogP contribution in [0, 0.1) is 0 Å². The van der Waals surface area contributed by atoms with Crippen LogP contribution in [0.1, 0.15) is 5.69 Å². The first-order valence-electron chi connectivity index (χ1n) is 7.58. The Balaban J connectivity index is 1.72. The fraction of sp³-hybridized carbons (Fsp3) is 0.357. The molecule has 0 bridgehead atoms. The number of nitrogen functional groups attached to an aromatic ring is 1. The second-order valence-corrected chi connectivity index (χ2v) is 7.76. The van der Waals surface area contributed by atoms with E-state index in [1.807, 2.05) is 0 Å². The summed E-state index contributed by atoms with van der Waals surface area (Å²) in [5.74, 6) is -1.71. The maximum Gasteiger partial charge on any atom is 0.333 e. The zero-order chi connectivity index (χ0) is 19.6. The first-order chi connectivity index (χ1) is 12.9. The first-order valence-corrected chi connectivity index (χ1v) is 10.0. The van der Waals surface area contributed by atoms with Gasteiger partial charge in [0.05, 0.1) is 11.5 Å². The van der Waals surface area contributed by atoms with E-state index in [4.69, 9.17) is 27.3 Å². The largest absolute Gasteiger partial charge is 0.478 e. The Morgan fingerprint density at radius 3 is 2.96 bits per heavy atom. The van der Waals surface area contributed by atoms with E-state index in [0.717, 1.165) is 11.3 Å². The highest BCUT2D eigenvalue weighted by atomic mass is 35.5. The predicted molar refractivity (Wildman–Crippen MR) is 100 cm³/mol. The van der Waals surface area contributed by atoms with E-state index in [1.54, 1.807) is 5.38 Å². The Hall–Kier alpha value is -2.31. The van der Waals surface area contributed by atoms with Crippen molar-refractivity contribution in [2.75, 3.05) is 24.0 Å². The molecule has 1 aromatic rings. The van der Waals surface area contributed by atoms with Crippen LogP contribution in [0.4, 0.5) is 5.13 Å². The van der Waals surface area contributed by atoms with Gasteiger partial charge < -0.3 is 25.9 Å². The number of nitrogens with one attached hydrogen (secondary N) is 1. The minimum Gasteiger partial charge on any atom is -0.478 e. The van der Waals surface area contributed by atoms with Crippen molar-refractivity contribution in [1.29, 1.82) is 0 Å². The number of carboxylic acid groups (broad SMARTS) is 1. The summed E-state index contributed by atoms with van der Waals surface area (Å²) < 4.78 is 0. The van der Waals surface area contributed by atoms with E-state index in [9.17, 15) is 14.4 Å². The van der Waals surface area contributed by atoms with Crippen LogP contribution in [0.5, 0.6) is 0 Å². The molecule has 0 aromatic carbocycles. The molecule has 27 heavy (non-hydrogen) atoms. The van der Waals surface area contributed by atoms with Crippen LogP contribution in [0.15, 0.2) is 22.3 Å². The van der Waals surface area contributed by atoms with Gasteiger partial charge >= 0.3 is 5.97 Å². The lowest BCUT2D eigenvalue weighted by molar-refractivity contribution is -0.144. The van der Waals surface area contributed by atoms with Crippen molar-refractivity contribution in [3.63, 3.8) is 0 Å². The number of β-lactam (4-membered cyclic amide) rings is 1. The van der Waals surface area contributed by atoms with Crippen LogP contribution in [0.25, 0.3) is 0 Å². The van der Waals surface area contributed by atoms with Crippen LogP contribution < -0.4 is 11.1 Å². The first kappa shape index (κ1) is 19.5. The second kappa shape index (κ2) is 8.15. The molecule has 2 aliphatic rings. The quantitative estimate of drug-likeness (QED) is 0.180. The Bertz CT molecular complexity index is 842. The van der Waals surface area contributed by atoms with Gasteiger partial charge in [0.25, 0.3) is 11.8 Å². The van der Waals surface area contributed by atoms with Gasteiger partial charge in [0.15, 0.2) is 10.8 Å². The van der Waals surface area contributed by atoms with Gasteiger partial charge in [0, 0.05) is 17.3 Å². The van der Waals surface area contributed by atoms with Gasteiger partial charge in [-0.25, -0.2) is 9.78 Å². The Kier molecular flexibility index (Phi) is 5.87. The molecule has 0 aliphatic carbocycles. The molecule has 1 aromatic heterocycles. The van der Waals surface area contributed by atoms with Crippen molar-refractivity contribution in [2.24, 2.45) is 5.16 Å². The van der Waals surface area contributed by atoms with Gasteiger partial charge in [-0.2, -0.15) is 0 Å². The number of thioether (sulfide) groups is 1. The van der Waals surface area contributed by atoms with Gasteiger partial charge in [-0.05, 0) is 0 Å². The molecule has 1 fully saturated rings. The molecule has 10 nitrogen and oxygen atoms in total. The minimum atomic E-state index is -1.08. The minimum absolute atomic E-state index is 0.0926. The fourth-order valence-corrected chi connectivity index (χ4v) is 4.25. The topological polar surface area (TPSA) is 147 Å². The Morgan fingerprint density at radius 1 is 1.56 bits per heavy atom. The summed E-state index contributed by atoms with van der Waals surface area (Å²) in [6.07, 6.45) is 1.30. The zero-order valence-electron chi connectivity index (χ0n) is 13.6. The number of carbonyl (C=O) groups excluding carboxylic acids is 2. The summed E-state index contributed by atoms with van der Waals surface area (Å²) in [4.78, 5) is 46.2. The number of halogens is 1. The molecule has 0 spiro atoms. The molecule has 144 valence electrons. The third kappa shape index (κ3) is 4.01. The monoisotopic (exact) mass is 431 g/mol. The maximum absolute atomic E-state index is 12.6. The van der Waals surface area contributed by atoms with Crippen LogP contribution in [-0.2, 0) is 19.2 Å². The van der Waals surface area contributed by atoms with Crippen molar-refractivity contribution in [1.82, 2.24) is 15.2 Å². The molecular weight excluding hydrogens is 418 g/mol. The number of rotatable bonds is 7. The van der Waals surface area contributed by atoms with Crippen molar-refractivity contribution in [3.8, 4) is 0 Å². The highest BCUT2D eigenvalue weighted by molar-refractivity contribution is 8.00. The number of carboxylic acids is 1. The molecule has 0 saturated carbocycles. The van der Waals surface area contributed by atoms with Gasteiger partial charge in [0.1, 0.15) is 23.7 Å². The van der Waals surface area contributed by atoms with Crippen molar-refractivity contribution in [2.45, 2.75) is 11.4 Å². The molecule has 3 rings (SSSR count). The fourth-order valence-electron chi connectivity index (χ4n) is 2.39.